The van der Waals surface area contributed by atoms with E-state index in [0.29, 0.717) is 13.2 Å². The van der Waals surface area contributed by atoms with Crippen molar-refractivity contribution in [3.05, 3.63) is 0 Å². The zero-order valence-electron chi connectivity index (χ0n) is 11.3. The number of hydrogen-bond donors (Lipinski definition) is 2. The highest BCUT2D eigenvalue weighted by Gasteiger charge is 2.36. The first-order valence-electron chi connectivity index (χ1n) is 6.74. The molecule has 3 N–H and O–H groups in total. The summed E-state index contributed by atoms with van der Waals surface area (Å²) in [5.74, 6) is 0.771. The third kappa shape index (κ3) is 4.21. The Hall–Kier alpha value is -0.160. The van der Waals surface area contributed by atoms with Gasteiger partial charge < -0.3 is 15.6 Å². The van der Waals surface area contributed by atoms with Crippen molar-refractivity contribution in [1.82, 2.24) is 4.90 Å². The summed E-state index contributed by atoms with van der Waals surface area (Å²) in [6.07, 6.45) is 5.00. The van der Waals surface area contributed by atoms with E-state index >= 15 is 0 Å². The number of aliphatic hydroxyl groups is 1. The summed E-state index contributed by atoms with van der Waals surface area (Å²) in [6.45, 7) is 5.15. The van der Waals surface area contributed by atoms with E-state index in [1.807, 2.05) is 0 Å². The van der Waals surface area contributed by atoms with Gasteiger partial charge in [-0.05, 0) is 25.8 Å². The van der Waals surface area contributed by atoms with Gasteiger partial charge in [0.15, 0.2) is 0 Å². The third-order valence-electron chi connectivity index (χ3n) is 4.06. The Balaban J connectivity index is 2.41. The van der Waals surface area contributed by atoms with E-state index in [0.717, 1.165) is 19.0 Å². The SMILES string of the molecule is CC1CCCC(CN)(N(C)CCOCCO)C1. The summed E-state index contributed by atoms with van der Waals surface area (Å²) in [7, 11) is 2.15. The van der Waals surface area contributed by atoms with Crippen LogP contribution in [-0.4, -0.2) is 55.5 Å². The van der Waals surface area contributed by atoms with Gasteiger partial charge >= 0.3 is 0 Å². The van der Waals surface area contributed by atoms with Crippen LogP contribution in [0.4, 0.5) is 0 Å². The lowest BCUT2D eigenvalue weighted by atomic mass is 9.75. The molecule has 0 radical (unpaired) electrons. The van der Waals surface area contributed by atoms with Crippen LogP contribution in [0.1, 0.15) is 32.6 Å². The molecule has 1 fully saturated rings. The molecular weight excluding hydrogens is 216 g/mol. The van der Waals surface area contributed by atoms with Gasteiger partial charge in [-0.15, -0.1) is 0 Å². The van der Waals surface area contributed by atoms with E-state index < -0.39 is 0 Å². The molecule has 1 aliphatic rings. The molecule has 102 valence electrons. The topological polar surface area (TPSA) is 58.7 Å². The predicted molar refractivity (Wildman–Crippen MR) is 70.0 cm³/mol. The van der Waals surface area contributed by atoms with Crippen molar-refractivity contribution >= 4 is 0 Å². The second-order valence-electron chi connectivity index (χ2n) is 5.39. The van der Waals surface area contributed by atoms with Gasteiger partial charge in [-0.1, -0.05) is 19.8 Å². The molecule has 0 aliphatic heterocycles. The second kappa shape index (κ2) is 7.31. The fourth-order valence-corrected chi connectivity index (χ4v) is 2.93. The molecule has 4 nitrogen and oxygen atoms in total. The summed E-state index contributed by atoms with van der Waals surface area (Å²) in [4.78, 5) is 2.36. The number of rotatable bonds is 7. The van der Waals surface area contributed by atoms with Crippen LogP contribution in [0.25, 0.3) is 0 Å². The molecule has 4 heteroatoms. The number of ether oxygens (including phenoxy) is 1. The maximum Gasteiger partial charge on any atom is 0.0698 e. The van der Waals surface area contributed by atoms with Crippen molar-refractivity contribution < 1.29 is 9.84 Å². The number of nitrogens with zero attached hydrogens (tertiary/aromatic N) is 1. The standard InChI is InChI=1S/C13H28N2O2/c1-12-4-3-5-13(10-12,11-14)15(2)6-8-17-9-7-16/h12,16H,3-11,14H2,1-2H3. The van der Waals surface area contributed by atoms with Crippen molar-refractivity contribution in [2.45, 2.75) is 38.1 Å². The Labute approximate surface area is 105 Å². The van der Waals surface area contributed by atoms with E-state index in [4.69, 9.17) is 15.6 Å². The lowest BCUT2D eigenvalue weighted by Gasteiger charge is -2.46. The van der Waals surface area contributed by atoms with Crippen molar-refractivity contribution in [3.8, 4) is 0 Å². The van der Waals surface area contributed by atoms with Crippen LogP contribution in [0.2, 0.25) is 0 Å². The average Bonchev–Trinajstić information content (AvgIpc) is 2.34. The highest BCUT2D eigenvalue weighted by Crippen LogP contribution is 2.35. The smallest absolute Gasteiger partial charge is 0.0698 e. The summed E-state index contributed by atoms with van der Waals surface area (Å²) in [5, 5.41) is 8.65. The molecule has 1 saturated carbocycles. The lowest BCUT2D eigenvalue weighted by Crippen LogP contribution is -2.55. The van der Waals surface area contributed by atoms with E-state index in [2.05, 4.69) is 18.9 Å². The summed E-state index contributed by atoms with van der Waals surface area (Å²) >= 11 is 0. The van der Waals surface area contributed by atoms with Crippen molar-refractivity contribution in [2.24, 2.45) is 11.7 Å². The van der Waals surface area contributed by atoms with Gasteiger partial charge in [0, 0.05) is 18.6 Å². The van der Waals surface area contributed by atoms with Gasteiger partial charge in [-0.2, -0.15) is 0 Å². The molecule has 0 bridgehead atoms. The molecule has 2 atom stereocenters. The third-order valence-corrected chi connectivity index (χ3v) is 4.06. The van der Waals surface area contributed by atoms with Gasteiger partial charge in [0.2, 0.25) is 0 Å². The number of hydrogen-bond acceptors (Lipinski definition) is 4. The summed E-state index contributed by atoms with van der Waals surface area (Å²) < 4.78 is 5.33. The van der Waals surface area contributed by atoms with Crippen LogP contribution in [0, 0.1) is 5.92 Å². The fraction of sp³-hybridized carbons (Fsp3) is 1.00. The molecule has 17 heavy (non-hydrogen) atoms. The first-order chi connectivity index (χ1) is 8.14. The first-order valence-corrected chi connectivity index (χ1v) is 6.74. The van der Waals surface area contributed by atoms with Crippen LogP contribution in [-0.2, 0) is 4.74 Å². The van der Waals surface area contributed by atoms with Crippen LogP contribution >= 0.6 is 0 Å². The summed E-state index contributed by atoms with van der Waals surface area (Å²) in [5.41, 5.74) is 6.18. The minimum atomic E-state index is 0.1000. The van der Waals surface area contributed by atoms with Gasteiger partial charge in [0.25, 0.3) is 0 Å². The number of nitrogens with two attached hydrogens (primary N) is 1. The maximum absolute atomic E-state index is 8.65. The van der Waals surface area contributed by atoms with Crippen molar-refractivity contribution in [1.29, 1.82) is 0 Å². The Morgan fingerprint density at radius 2 is 2.24 bits per heavy atom. The Kier molecular flexibility index (Phi) is 6.41. The van der Waals surface area contributed by atoms with Crippen LogP contribution in [0.3, 0.4) is 0 Å². The minimum absolute atomic E-state index is 0.1000. The molecule has 0 saturated heterocycles. The van der Waals surface area contributed by atoms with E-state index in [-0.39, 0.29) is 12.1 Å². The molecular formula is C13H28N2O2. The monoisotopic (exact) mass is 244 g/mol. The summed E-state index contributed by atoms with van der Waals surface area (Å²) in [6, 6.07) is 0. The van der Waals surface area contributed by atoms with Crippen molar-refractivity contribution in [2.75, 3.05) is 40.0 Å². The molecule has 2 unspecified atom stereocenters. The fourth-order valence-electron chi connectivity index (χ4n) is 2.93. The molecule has 0 aromatic heterocycles. The minimum Gasteiger partial charge on any atom is -0.394 e. The number of aliphatic hydroxyl groups excluding tert-OH is 1. The lowest BCUT2D eigenvalue weighted by molar-refractivity contribution is 0.0224. The number of likely N-dealkylation sites (N-methyl/N-ethyl adjacent to an activating group) is 1. The van der Waals surface area contributed by atoms with Crippen LogP contribution in [0.15, 0.2) is 0 Å². The molecule has 0 aromatic carbocycles. The van der Waals surface area contributed by atoms with E-state index in [1.54, 1.807) is 0 Å². The zero-order chi connectivity index (χ0) is 12.7. The van der Waals surface area contributed by atoms with E-state index in [9.17, 15) is 0 Å². The highest BCUT2D eigenvalue weighted by molar-refractivity contribution is 4.94. The molecule has 0 heterocycles. The largest absolute Gasteiger partial charge is 0.394 e. The highest BCUT2D eigenvalue weighted by atomic mass is 16.5. The van der Waals surface area contributed by atoms with Crippen LogP contribution in [0.5, 0.6) is 0 Å². The maximum atomic E-state index is 8.65. The van der Waals surface area contributed by atoms with Gasteiger partial charge in [-0.25, -0.2) is 0 Å². The van der Waals surface area contributed by atoms with Crippen LogP contribution < -0.4 is 5.73 Å². The zero-order valence-corrected chi connectivity index (χ0v) is 11.3. The molecule has 0 spiro atoms. The Bertz CT molecular complexity index is 214. The second-order valence-corrected chi connectivity index (χ2v) is 5.39. The van der Waals surface area contributed by atoms with Gasteiger partial charge in [0.05, 0.1) is 19.8 Å². The average molecular weight is 244 g/mol. The molecule has 0 aromatic rings. The normalized spacial score (nSPS) is 29.8. The molecule has 1 aliphatic carbocycles. The quantitative estimate of drug-likeness (QED) is 0.651. The first kappa shape index (κ1) is 14.9. The Morgan fingerprint density at radius 1 is 1.47 bits per heavy atom. The molecule has 1 rings (SSSR count). The van der Waals surface area contributed by atoms with Gasteiger partial charge in [-0.3, -0.25) is 4.90 Å². The molecule has 0 amide bonds. The Morgan fingerprint density at radius 3 is 2.82 bits per heavy atom. The van der Waals surface area contributed by atoms with E-state index in [1.165, 1.54) is 25.7 Å². The van der Waals surface area contributed by atoms with Gasteiger partial charge in [0.1, 0.15) is 0 Å². The predicted octanol–water partition coefficient (Wildman–Crippen LogP) is 0.835. The van der Waals surface area contributed by atoms with Crippen molar-refractivity contribution in [3.63, 3.8) is 0 Å².